The van der Waals surface area contributed by atoms with Crippen LogP contribution in [0.15, 0.2) is 18.5 Å². The molecule has 0 unspecified atom stereocenters. The molecule has 0 radical (unpaired) electrons. The van der Waals surface area contributed by atoms with Crippen molar-refractivity contribution in [3.63, 3.8) is 0 Å². The zero-order valence-corrected chi connectivity index (χ0v) is 10.4. The van der Waals surface area contributed by atoms with Gasteiger partial charge in [-0.15, -0.1) is 0 Å². The second kappa shape index (κ2) is 4.82. The average molecular weight is 246 g/mol. The minimum Gasteiger partial charge on any atom is -0.372 e. The molecule has 0 fully saturated rings. The molecule has 0 aromatic carbocycles. The summed E-state index contributed by atoms with van der Waals surface area (Å²) in [6.07, 6.45) is 2.96. The fourth-order valence-corrected chi connectivity index (χ4v) is 1.50. The van der Waals surface area contributed by atoms with Gasteiger partial charge in [0.25, 0.3) is 5.91 Å². The van der Waals surface area contributed by atoms with E-state index in [2.05, 4.69) is 25.7 Å². The van der Waals surface area contributed by atoms with E-state index in [1.165, 1.54) is 6.20 Å². The van der Waals surface area contributed by atoms with E-state index >= 15 is 0 Å². The molecule has 18 heavy (non-hydrogen) atoms. The molecule has 0 spiro atoms. The third kappa shape index (κ3) is 2.45. The number of amides is 1. The van der Waals surface area contributed by atoms with Gasteiger partial charge >= 0.3 is 0 Å². The number of aryl methyl sites for hydroxylation is 2. The highest BCUT2D eigenvalue weighted by atomic mass is 16.2. The van der Waals surface area contributed by atoms with Crippen molar-refractivity contribution in [2.24, 2.45) is 7.05 Å². The summed E-state index contributed by atoms with van der Waals surface area (Å²) in [5, 5.41) is 9.71. The van der Waals surface area contributed by atoms with Crippen LogP contribution < -0.4 is 10.6 Å². The van der Waals surface area contributed by atoms with Gasteiger partial charge in [0.15, 0.2) is 0 Å². The number of nitrogens with zero attached hydrogens (tertiary/aromatic N) is 4. The van der Waals surface area contributed by atoms with Crippen LogP contribution in [0.1, 0.15) is 16.2 Å². The van der Waals surface area contributed by atoms with Crippen molar-refractivity contribution < 1.29 is 4.79 Å². The van der Waals surface area contributed by atoms with Crippen molar-refractivity contribution in [1.29, 1.82) is 0 Å². The molecular formula is C11H14N6O. The van der Waals surface area contributed by atoms with Gasteiger partial charge in [-0.3, -0.25) is 14.5 Å². The van der Waals surface area contributed by atoms with Gasteiger partial charge in [-0.1, -0.05) is 0 Å². The van der Waals surface area contributed by atoms with E-state index in [1.807, 2.05) is 6.92 Å². The van der Waals surface area contributed by atoms with Gasteiger partial charge in [-0.05, 0) is 6.92 Å². The Balaban J connectivity index is 2.19. The van der Waals surface area contributed by atoms with Gasteiger partial charge in [0, 0.05) is 20.2 Å². The fraction of sp³-hybridized carbons (Fsp3) is 0.273. The SMILES string of the molecule is CNc1cncc(C(=O)Nc2cc(C)nn2C)n1. The van der Waals surface area contributed by atoms with Crippen LogP contribution in [-0.4, -0.2) is 32.7 Å². The number of aromatic nitrogens is 4. The number of carbonyl (C=O) groups is 1. The van der Waals surface area contributed by atoms with Crippen molar-refractivity contribution in [2.75, 3.05) is 17.7 Å². The first-order valence-corrected chi connectivity index (χ1v) is 5.42. The third-order valence-electron chi connectivity index (χ3n) is 2.37. The van der Waals surface area contributed by atoms with E-state index in [-0.39, 0.29) is 11.6 Å². The Hall–Kier alpha value is -2.44. The second-order valence-corrected chi connectivity index (χ2v) is 3.79. The van der Waals surface area contributed by atoms with Crippen molar-refractivity contribution in [3.8, 4) is 0 Å². The lowest BCUT2D eigenvalue weighted by atomic mass is 10.4. The lowest BCUT2D eigenvalue weighted by Crippen LogP contribution is -2.16. The molecule has 0 saturated carbocycles. The van der Waals surface area contributed by atoms with E-state index in [1.54, 1.807) is 31.0 Å². The maximum Gasteiger partial charge on any atom is 0.277 e. The molecule has 0 saturated heterocycles. The number of carbonyl (C=O) groups excluding carboxylic acids is 1. The number of hydrogen-bond donors (Lipinski definition) is 2. The van der Waals surface area contributed by atoms with Crippen molar-refractivity contribution in [1.82, 2.24) is 19.7 Å². The zero-order valence-electron chi connectivity index (χ0n) is 10.4. The summed E-state index contributed by atoms with van der Waals surface area (Å²) in [5.41, 5.74) is 1.09. The summed E-state index contributed by atoms with van der Waals surface area (Å²) in [6, 6.07) is 1.78. The third-order valence-corrected chi connectivity index (χ3v) is 2.37. The molecule has 2 rings (SSSR count). The molecule has 94 valence electrons. The van der Waals surface area contributed by atoms with E-state index in [4.69, 9.17) is 0 Å². The molecule has 0 bridgehead atoms. The predicted octanol–water partition coefficient (Wildman–Crippen LogP) is 0.813. The zero-order chi connectivity index (χ0) is 13.1. The van der Waals surface area contributed by atoms with E-state index in [9.17, 15) is 4.79 Å². The largest absolute Gasteiger partial charge is 0.372 e. The minimum atomic E-state index is -0.317. The monoisotopic (exact) mass is 246 g/mol. The van der Waals surface area contributed by atoms with Crippen LogP contribution in [0.25, 0.3) is 0 Å². The highest BCUT2D eigenvalue weighted by Gasteiger charge is 2.11. The first-order chi connectivity index (χ1) is 8.60. The Morgan fingerprint density at radius 2 is 2.17 bits per heavy atom. The Kier molecular flexibility index (Phi) is 3.22. The molecule has 0 atom stereocenters. The van der Waals surface area contributed by atoms with Gasteiger partial charge in [-0.25, -0.2) is 4.98 Å². The summed E-state index contributed by atoms with van der Waals surface area (Å²) < 4.78 is 1.60. The number of anilines is 2. The van der Waals surface area contributed by atoms with Gasteiger partial charge in [0.2, 0.25) is 0 Å². The highest BCUT2D eigenvalue weighted by molar-refractivity contribution is 6.02. The van der Waals surface area contributed by atoms with Crippen LogP contribution in [0.5, 0.6) is 0 Å². The van der Waals surface area contributed by atoms with Gasteiger partial charge in [0.1, 0.15) is 17.3 Å². The lowest BCUT2D eigenvalue weighted by molar-refractivity contribution is 0.102. The van der Waals surface area contributed by atoms with Gasteiger partial charge in [-0.2, -0.15) is 5.10 Å². The van der Waals surface area contributed by atoms with Crippen LogP contribution >= 0.6 is 0 Å². The summed E-state index contributed by atoms with van der Waals surface area (Å²) >= 11 is 0. The summed E-state index contributed by atoms with van der Waals surface area (Å²) in [7, 11) is 3.48. The molecule has 2 N–H and O–H groups in total. The molecule has 7 heteroatoms. The quantitative estimate of drug-likeness (QED) is 0.837. The number of hydrogen-bond acceptors (Lipinski definition) is 5. The van der Waals surface area contributed by atoms with E-state index < -0.39 is 0 Å². The van der Waals surface area contributed by atoms with Crippen molar-refractivity contribution in [3.05, 3.63) is 29.8 Å². The van der Waals surface area contributed by atoms with Crippen molar-refractivity contribution >= 4 is 17.5 Å². The lowest BCUT2D eigenvalue weighted by Gasteiger charge is -2.05. The summed E-state index contributed by atoms with van der Waals surface area (Å²) in [5.74, 6) is 0.848. The van der Waals surface area contributed by atoms with E-state index in [0.29, 0.717) is 11.6 Å². The fourth-order valence-electron chi connectivity index (χ4n) is 1.50. The molecule has 2 aromatic rings. The minimum absolute atomic E-state index is 0.251. The Labute approximate surface area is 104 Å². The molecule has 1 amide bonds. The summed E-state index contributed by atoms with van der Waals surface area (Å²) in [4.78, 5) is 20.0. The summed E-state index contributed by atoms with van der Waals surface area (Å²) in [6.45, 7) is 1.86. The second-order valence-electron chi connectivity index (χ2n) is 3.79. The molecule has 7 nitrogen and oxygen atoms in total. The van der Waals surface area contributed by atoms with Crippen molar-refractivity contribution in [2.45, 2.75) is 6.92 Å². The predicted molar refractivity (Wildman–Crippen MR) is 67.5 cm³/mol. The van der Waals surface area contributed by atoms with Gasteiger partial charge < -0.3 is 10.6 Å². The maximum atomic E-state index is 12.0. The molecule has 0 aliphatic rings. The molecule has 2 aromatic heterocycles. The Morgan fingerprint density at radius 3 is 2.78 bits per heavy atom. The van der Waals surface area contributed by atoms with E-state index in [0.717, 1.165) is 5.69 Å². The van der Waals surface area contributed by atoms with Crippen LogP contribution in [0.3, 0.4) is 0 Å². The highest BCUT2D eigenvalue weighted by Crippen LogP contribution is 2.10. The number of rotatable bonds is 3. The average Bonchev–Trinajstić information content (AvgIpc) is 2.68. The molecule has 0 aliphatic heterocycles. The van der Waals surface area contributed by atoms with Crippen LogP contribution in [0.4, 0.5) is 11.6 Å². The normalized spacial score (nSPS) is 10.2. The topological polar surface area (TPSA) is 84.7 Å². The first kappa shape index (κ1) is 12.0. The van der Waals surface area contributed by atoms with Gasteiger partial charge in [0.05, 0.1) is 18.1 Å². The van der Waals surface area contributed by atoms with Crippen LogP contribution in [0.2, 0.25) is 0 Å². The van der Waals surface area contributed by atoms with Crippen LogP contribution in [-0.2, 0) is 7.05 Å². The van der Waals surface area contributed by atoms with Crippen LogP contribution in [0, 0.1) is 6.92 Å². The smallest absolute Gasteiger partial charge is 0.277 e. The standard InChI is InChI=1S/C11H14N6O/c1-7-4-10(17(3)16-7)15-11(18)8-5-13-6-9(12-2)14-8/h4-6H,1-3H3,(H,12,14)(H,15,18). The number of nitrogens with one attached hydrogen (secondary N) is 2. The maximum absolute atomic E-state index is 12.0. The first-order valence-electron chi connectivity index (χ1n) is 5.42. The molecule has 0 aliphatic carbocycles. The Morgan fingerprint density at radius 1 is 1.39 bits per heavy atom. The Bertz CT molecular complexity index is 577. The molecular weight excluding hydrogens is 232 g/mol. The molecule has 2 heterocycles.